The van der Waals surface area contributed by atoms with Crippen molar-refractivity contribution in [1.29, 1.82) is 0 Å². The molecule has 3 rings (SSSR count). The van der Waals surface area contributed by atoms with Crippen molar-refractivity contribution in [2.45, 2.75) is 51.2 Å². The van der Waals surface area contributed by atoms with Gasteiger partial charge in [0, 0.05) is 12.3 Å². The van der Waals surface area contributed by atoms with Gasteiger partial charge in [-0.2, -0.15) is 0 Å². The first-order chi connectivity index (χ1) is 13.9. The van der Waals surface area contributed by atoms with Crippen molar-refractivity contribution in [3.05, 3.63) is 54.1 Å². The van der Waals surface area contributed by atoms with E-state index in [0.717, 1.165) is 25.0 Å². The number of rotatable bonds is 10. The molecule has 0 radical (unpaired) electrons. The molecule has 0 aliphatic heterocycles. The van der Waals surface area contributed by atoms with Gasteiger partial charge in [0.25, 0.3) is 0 Å². The number of benzene rings is 1. The number of aliphatic hydroxyl groups excluding tert-OH is 2. The number of carbonyl (C=O) groups is 1. The molecule has 3 N–H and O–H groups in total. The van der Waals surface area contributed by atoms with E-state index in [1.165, 1.54) is 5.57 Å². The molecule has 2 aliphatic carbocycles. The van der Waals surface area contributed by atoms with E-state index in [0.29, 0.717) is 24.2 Å². The van der Waals surface area contributed by atoms with Crippen LogP contribution in [-0.4, -0.2) is 40.1 Å². The normalized spacial score (nSPS) is 28.2. The van der Waals surface area contributed by atoms with E-state index >= 15 is 0 Å². The number of hydrogen-bond donors (Lipinski definition) is 3. The van der Waals surface area contributed by atoms with E-state index in [1.807, 2.05) is 36.4 Å². The van der Waals surface area contributed by atoms with Crippen LogP contribution in [0.25, 0.3) is 0 Å². The van der Waals surface area contributed by atoms with Crippen LogP contribution < -0.4 is 4.74 Å². The fourth-order valence-corrected chi connectivity index (χ4v) is 4.67. The van der Waals surface area contributed by atoms with Crippen molar-refractivity contribution in [3.63, 3.8) is 0 Å². The average Bonchev–Trinajstić information content (AvgIpc) is 3.22. The van der Waals surface area contributed by atoms with E-state index in [-0.39, 0.29) is 25.0 Å². The number of carboxylic acids is 1. The van der Waals surface area contributed by atoms with Crippen LogP contribution >= 0.6 is 0 Å². The first kappa shape index (κ1) is 21.6. The monoisotopic (exact) mass is 400 g/mol. The average molecular weight is 401 g/mol. The Labute approximate surface area is 172 Å². The van der Waals surface area contributed by atoms with Crippen molar-refractivity contribution >= 4 is 5.97 Å². The topological polar surface area (TPSA) is 87.0 Å². The zero-order valence-corrected chi connectivity index (χ0v) is 17.0. The summed E-state index contributed by atoms with van der Waals surface area (Å²) in [6.45, 7) is 2.35. The molecule has 5 nitrogen and oxygen atoms in total. The smallest absolute Gasteiger partial charge is 0.303 e. The second kappa shape index (κ2) is 10.1. The quantitative estimate of drug-likeness (QED) is 0.520. The van der Waals surface area contributed by atoms with E-state index in [2.05, 4.69) is 13.0 Å². The maximum absolute atomic E-state index is 10.7. The van der Waals surface area contributed by atoms with Crippen LogP contribution in [0.2, 0.25) is 0 Å². The van der Waals surface area contributed by atoms with Crippen molar-refractivity contribution in [2.24, 2.45) is 23.7 Å². The van der Waals surface area contributed by atoms with Crippen LogP contribution in [0, 0.1) is 23.7 Å². The number of fused-ring (bicyclic) bond motifs is 1. The summed E-state index contributed by atoms with van der Waals surface area (Å²) in [5.74, 6) is 1.13. The highest BCUT2D eigenvalue weighted by atomic mass is 16.5. The maximum Gasteiger partial charge on any atom is 0.303 e. The predicted molar refractivity (Wildman–Crippen MR) is 112 cm³/mol. The van der Waals surface area contributed by atoms with Gasteiger partial charge in [0.2, 0.25) is 0 Å². The Morgan fingerprint density at radius 2 is 2.07 bits per heavy atom. The van der Waals surface area contributed by atoms with Crippen LogP contribution in [0.3, 0.4) is 0 Å². The predicted octanol–water partition coefficient (Wildman–Crippen LogP) is 3.82. The minimum atomic E-state index is -0.738. The van der Waals surface area contributed by atoms with Gasteiger partial charge in [0.05, 0.1) is 6.10 Å². The first-order valence-electron chi connectivity index (χ1n) is 10.6. The molecule has 6 atom stereocenters. The van der Waals surface area contributed by atoms with E-state index < -0.39 is 12.1 Å². The summed E-state index contributed by atoms with van der Waals surface area (Å²) in [5, 5.41) is 29.5. The number of aliphatic carboxylic acids is 1. The fraction of sp³-hybridized carbons (Fsp3) is 0.542. The van der Waals surface area contributed by atoms with E-state index in [1.54, 1.807) is 6.08 Å². The molecule has 0 aromatic heterocycles. The minimum absolute atomic E-state index is 0.0337. The molecule has 4 unspecified atom stereocenters. The molecule has 0 bridgehead atoms. The zero-order chi connectivity index (χ0) is 20.8. The van der Waals surface area contributed by atoms with Gasteiger partial charge in [0.1, 0.15) is 18.5 Å². The molecule has 1 fully saturated rings. The third kappa shape index (κ3) is 5.94. The van der Waals surface area contributed by atoms with Crippen molar-refractivity contribution in [3.8, 4) is 5.75 Å². The van der Waals surface area contributed by atoms with E-state index in [4.69, 9.17) is 9.84 Å². The lowest BCUT2D eigenvalue weighted by molar-refractivity contribution is -0.137. The lowest BCUT2D eigenvalue weighted by atomic mass is 9.86. The number of aliphatic hydroxyl groups is 2. The summed E-state index contributed by atoms with van der Waals surface area (Å²) in [6, 6.07) is 9.40. The zero-order valence-electron chi connectivity index (χ0n) is 17.0. The highest BCUT2D eigenvalue weighted by Crippen LogP contribution is 2.49. The van der Waals surface area contributed by atoms with Crippen LogP contribution in [0.1, 0.15) is 39.0 Å². The van der Waals surface area contributed by atoms with Crippen molar-refractivity contribution in [2.75, 3.05) is 6.61 Å². The number of ether oxygens (including phenoxy) is 1. The number of allylic oxidation sites excluding steroid dienone is 2. The number of carboxylic acid groups (broad SMARTS) is 1. The Morgan fingerprint density at radius 3 is 2.79 bits per heavy atom. The fourth-order valence-electron chi connectivity index (χ4n) is 4.67. The Balaban J connectivity index is 1.50. The third-order valence-corrected chi connectivity index (χ3v) is 6.28. The molecular formula is C24H32O5. The maximum atomic E-state index is 10.7. The second-order valence-corrected chi connectivity index (χ2v) is 8.42. The summed E-state index contributed by atoms with van der Waals surface area (Å²) in [6.07, 6.45) is 8.41. The van der Waals surface area contributed by atoms with Crippen LogP contribution in [0.4, 0.5) is 0 Å². The summed E-state index contributed by atoms with van der Waals surface area (Å²) in [7, 11) is 0. The first-order valence-corrected chi connectivity index (χ1v) is 10.6. The van der Waals surface area contributed by atoms with E-state index in [9.17, 15) is 15.0 Å². The molecule has 2 aliphatic rings. The summed E-state index contributed by atoms with van der Waals surface area (Å²) < 4.78 is 5.58. The van der Waals surface area contributed by atoms with Crippen LogP contribution in [0.5, 0.6) is 5.75 Å². The van der Waals surface area contributed by atoms with Crippen LogP contribution in [-0.2, 0) is 4.79 Å². The standard InChI is InChI=1S/C24H32O5/c1-16(6-5-9-24(27)28)17-12-18-14-23(26)21(22(18)13-17)11-10-19(25)15-29-20-7-3-2-4-8-20/h2-4,7-8,10-12,16,18-19,21-23,25-26H,5-6,9,13-15H2,1H3,(H,27,28)/b11-10+/t16?,18?,19?,21-,22?,23-/m1/s1. The lowest BCUT2D eigenvalue weighted by Crippen LogP contribution is -2.20. The Morgan fingerprint density at radius 1 is 1.31 bits per heavy atom. The molecule has 0 spiro atoms. The molecule has 158 valence electrons. The van der Waals surface area contributed by atoms with Gasteiger partial charge in [-0.15, -0.1) is 0 Å². The molecule has 0 saturated heterocycles. The molecular weight excluding hydrogens is 368 g/mol. The molecule has 0 heterocycles. The van der Waals surface area contributed by atoms with Gasteiger partial charge in [0.15, 0.2) is 0 Å². The van der Waals surface area contributed by atoms with Gasteiger partial charge in [-0.3, -0.25) is 4.79 Å². The van der Waals surface area contributed by atoms with Crippen molar-refractivity contribution in [1.82, 2.24) is 0 Å². The lowest BCUT2D eigenvalue weighted by Gasteiger charge is -2.20. The second-order valence-electron chi connectivity index (χ2n) is 8.42. The Kier molecular flexibility index (Phi) is 7.51. The molecule has 0 amide bonds. The SMILES string of the molecule is CC(CCCC(=O)O)C1=CC2C[C@@H](O)[C@H](/C=C/C(O)COc3ccccc3)C2C1. The largest absolute Gasteiger partial charge is 0.491 e. The van der Waals surface area contributed by atoms with Crippen LogP contribution in [0.15, 0.2) is 54.1 Å². The molecule has 5 heteroatoms. The van der Waals surface area contributed by atoms with Gasteiger partial charge in [-0.05, 0) is 55.6 Å². The molecule has 1 aromatic rings. The summed E-state index contributed by atoms with van der Waals surface area (Å²) in [5.41, 5.74) is 1.39. The molecule has 29 heavy (non-hydrogen) atoms. The van der Waals surface area contributed by atoms with Gasteiger partial charge < -0.3 is 20.1 Å². The number of hydrogen-bond acceptors (Lipinski definition) is 4. The summed E-state index contributed by atoms with van der Waals surface area (Å²) >= 11 is 0. The number of para-hydroxylation sites is 1. The van der Waals surface area contributed by atoms with Gasteiger partial charge in [-0.25, -0.2) is 0 Å². The summed E-state index contributed by atoms with van der Waals surface area (Å²) in [4.78, 5) is 10.7. The Bertz CT molecular complexity index is 726. The molecule has 1 saturated carbocycles. The van der Waals surface area contributed by atoms with Gasteiger partial charge in [-0.1, -0.05) is 48.9 Å². The third-order valence-electron chi connectivity index (χ3n) is 6.28. The van der Waals surface area contributed by atoms with Gasteiger partial charge >= 0.3 is 5.97 Å². The highest BCUT2D eigenvalue weighted by Gasteiger charge is 2.43. The van der Waals surface area contributed by atoms with Crippen molar-refractivity contribution < 1.29 is 24.9 Å². The highest BCUT2D eigenvalue weighted by molar-refractivity contribution is 5.66. The Hall–Kier alpha value is -2.11. The minimum Gasteiger partial charge on any atom is -0.491 e. The molecule has 1 aromatic carbocycles.